The molecule has 0 spiro atoms. The lowest BCUT2D eigenvalue weighted by Gasteiger charge is -2.37. The molecule has 4 nitrogen and oxygen atoms in total. The van der Waals surface area contributed by atoms with E-state index in [0.717, 1.165) is 39.3 Å². The third kappa shape index (κ3) is 5.11. The molecule has 1 aliphatic rings. The van der Waals surface area contributed by atoms with Crippen molar-refractivity contribution < 1.29 is 4.79 Å². The molecule has 1 saturated heterocycles. The molecule has 1 aromatic carbocycles. The van der Waals surface area contributed by atoms with Gasteiger partial charge >= 0.3 is 0 Å². The number of benzene rings is 1. The minimum absolute atomic E-state index is 0.0300. The number of carbonyl (C=O) groups excluding carboxylic acids is 1. The van der Waals surface area contributed by atoms with E-state index >= 15 is 0 Å². The maximum absolute atomic E-state index is 12.2. The first-order chi connectivity index (χ1) is 10.6. The molecule has 0 aliphatic carbocycles. The van der Waals surface area contributed by atoms with Gasteiger partial charge in [-0.2, -0.15) is 0 Å². The number of hydrogen-bond acceptors (Lipinski definition) is 3. The van der Waals surface area contributed by atoms with Crippen molar-refractivity contribution in [3.05, 3.63) is 35.9 Å². The minimum atomic E-state index is -0.0300. The number of rotatable bonds is 6. The first kappa shape index (κ1) is 17.0. The Morgan fingerprint density at radius 1 is 1.09 bits per heavy atom. The second-order valence-electron chi connectivity index (χ2n) is 6.61. The lowest BCUT2D eigenvalue weighted by molar-refractivity contribution is -0.126. The van der Waals surface area contributed by atoms with E-state index < -0.39 is 0 Å². The van der Waals surface area contributed by atoms with Crippen molar-refractivity contribution in [2.24, 2.45) is 5.92 Å². The highest BCUT2D eigenvalue weighted by molar-refractivity contribution is 5.81. The Kier molecular flexibility index (Phi) is 6.40. The van der Waals surface area contributed by atoms with Gasteiger partial charge in [-0.15, -0.1) is 0 Å². The molecule has 1 atom stereocenters. The number of nitrogens with one attached hydrogen (secondary N) is 1. The van der Waals surface area contributed by atoms with Crippen molar-refractivity contribution in [3.8, 4) is 0 Å². The number of hydrogen-bond donors (Lipinski definition) is 1. The molecule has 0 aromatic heterocycles. The lowest BCUT2D eigenvalue weighted by atomic mass is 10.1. The SMILES string of the molecule is CC(C)CNC(=O)[C@@H](C)N1CCN(Cc2ccccc2)CC1. The van der Waals surface area contributed by atoms with Crippen LogP contribution in [-0.4, -0.2) is 54.5 Å². The first-order valence-electron chi connectivity index (χ1n) is 8.34. The molecule has 22 heavy (non-hydrogen) atoms. The largest absolute Gasteiger partial charge is 0.354 e. The van der Waals surface area contributed by atoms with Crippen molar-refractivity contribution in [2.45, 2.75) is 33.4 Å². The van der Waals surface area contributed by atoms with Crippen LogP contribution in [0.15, 0.2) is 30.3 Å². The van der Waals surface area contributed by atoms with Gasteiger partial charge in [0, 0.05) is 39.3 Å². The molecular weight excluding hydrogens is 274 g/mol. The molecule has 1 aliphatic heterocycles. The van der Waals surface area contributed by atoms with E-state index in [4.69, 9.17) is 0 Å². The third-order valence-electron chi connectivity index (χ3n) is 4.27. The molecule has 1 N–H and O–H groups in total. The molecule has 122 valence electrons. The molecular formula is C18H29N3O. The van der Waals surface area contributed by atoms with Crippen molar-refractivity contribution in [1.82, 2.24) is 15.1 Å². The molecule has 4 heteroatoms. The average Bonchev–Trinajstić information content (AvgIpc) is 2.53. The minimum Gasteiger partial charge on any atom is -0.354 e. The fourth-order valence-corrected chi connectivity index (χ4v) is 2.77. The number of nitrogens with zero attached hydrogens (tertiary/aromatic N) is 2. The fourth-order valence-electron chi connectivity index (χ4n) is 2.77. The Bertz CT molecular complexity index is 453. The van der Waals surface area contributed by atoms with Crippen LogP contribution in [0.25, 0.3) is 0 Å². The van der Waals surface area contributed by atoms with E-state index in [0.29, 0.717) is 5.92 Å². The number of amides is 1. The number of piperazine rings is 1. The Morgan fingerprint density at radius 2 is 1.73 bits per heavy atom. The summed E-state index contributed by atoms with van der Waals surface area (Å²) in [5.74, 6) is 0.657. The van der Waals surface area contributed by atoms with Crippen LogP contribution in [0.3, 0.4) is 0 Å². The van der Waals surface area contributed by atoms with Gasteiger partial charge in [0.1, 0.15) is 0 Å². The molecule has 0 radical (unpaired) electrons. The van der Waals surface area contributed by atoms with E-state index in [1.807, 2.05) is 6.92 Å². The Labute approximate surface area is 134 Å². The molecule has 0 bridgehead atoms. The van der Waals surface area contributed by atoms with Gasteiger partial charge < -0.3 is 5.32 Å². The monoisotopic (exact) mass is 303 g/mol. The fraction of sp³-hybridized carbons (Fsp3) is 0.611. The van der Waals surface area contributed by atoms with Crippen molar-refractivity contribution in [2.75, 3.05) is 32.7 Å². The van der Waals surface area contributed by atoms with Crippen LogP contribution in [0.4, 0.5) is 0 Å². The van der Waals surface area contributed by atoms with Gasteiger partial charge in [-0.25, -0.2) is 0 Å². The van der Waals surface area contributed by atoms with Gasteiger partial charge in [0.25, 0.3) is 0 Å². The standard InChI is InChI=1S/C18H29N3O/c1-15(2)13-19-18(22)16(3)21-11-9-20(10-12-21)14-17-7-5-4-6-8-17/h4-8,15-16H,9-14H2,1-3H3,(H,19,22)/t16-/m1/s1. The topological polar surface area (TPSA) is 35.6 Å². The molecule has 1 amide bonds. The summed E-state index contributed by atoms with van der Waals surface area (Å²) in [4.78, 5) is 16.9. The zero-order valence-electron chi connectivity index (χ0n) is 14.1. The van der Waals surface area contributed by atoms with Gasteiger partial charge in [0.05, 0.1) is 6.04 Å². The normalized spacial score (nSPS) is 18.4. The maximum atomic E-state index is 12.2. The summed E-state index contributed by atoms with van der Waals surface area (Å²) in [6.45, 7) is 12.0. The van der Waals surface area contributed by atoms with Crippen molar-refractivity contribution in [1.29, 1.82) is 0 Å². The van der Waals surface area contributed by atoms with Gasteiger partial charge in [0.15, 0.2) is 0 Å². The van der Waals surface area contributed by atoms with Gasteiger partial charge in [-0.1, -0.05) is 44.2 Å². The van der Waals surface area contributed by atoms with E-state index in [2.05, 4.69) is 59.3 Å². The van der Waals surface area contributed by atoms with Crippen LogP contribution in [-0.2, 0) is 11.3 Å². The summed E-state index contributed by atoms with van der Waals surface area (Å²) < 4.78 is 0. The highest BCUT2D eigenvalue weighted by Gasteiger charge is 2.25. The van der Waals surface area contributed by atoms with Crippen molar-refractivity contribution >= 4 is 5.91 Å². The van der Waals surface area contributed by atoms with Gasteiger partial charge in [-0.05, 0) is 18.4 Å². The zero-order chi connectivity index (χ0) is 15.9. The van der Waals surface area contributed by atoms with Crippen LogP contribution in [0, 0.1) is 5.92 Å². The molecule has 1 heterocycles. The summed E-state index contributed by atoms with van der Waals surface area (Å²) in [6.07, 6.45) is 0. The van der Waals surface area contributed by atoms with E-state index in [1.54, 1.807) is 0 Å². The van der Waals surface area contributed by atoms with Gasteiger partial charge in [-0.3, -0.25) is 14.6 Å². The Morgan fingerprint density at radius 3 is 2.32 bits per heavy atom. The predicted octanol–water partition coefficient (Wildman–Crippen LogP) is 1.96. The van der Waals surface area contributed by atoms with E-state index in [1.165, 1.54) is 5.56 Å². The summed E-state index contributed by atoms with van der Waals surface area (Å²) in [5.41, 5.74) is 1.36. The van der Waals surface area contributed by atoms with Crippen LogP contribution in [0.5, 0.6) is 0 Å². The highest BCUT2D eigenvalue weighted by Crippen LogP contribution is 2.10. The third-order valence-corrected chi connectivity index (χ3v) is 4.27. The zero-order valence-corrected chi connectivity index (χ0v) is 14.1. The molecule has 1 aromatic rings. The lowest BCUT2D eigenvalue weighted by Crippen LogP contribution is -2.53. The highest BCUT2D eigenvalue weighted by atomic mass is 16.2. The Balaban J connectivity index is 1.75. The predicted molar refractivity (Wildman–Crippen MR) is 90.6 cm³/mol. The average molecular weight is 303 g/mol. The molecule has 2 rings (SSSR count). The Hall–Kier alpha value is -1.39. The van der Waals surface area contributed by atoms with Crippen LogP contribution < -0.4 is 5.32 Å². The van der Waals surface area contributed by atoms with Crippen molar-refractivity contribution in [3.63, 3.8) is 0 Å². The van der Waals surface area contributed by atoms with Crippen LogP contribution in [0.2, 0.25) is 0 Å². The molecule has 1 fully saturated rings. The molecule has 0 unspecified atom stereocenters. The quantitative estimate of drug-likeness (QED) is 0.873. The number of carbonyl (C=O) groups is 1. The van der Waals surface area contributed by atoms with Gasteiger partial charge in [0.2, 0.25) is 5.91 Å². The van der Waals surface area contributed by atoms with Crippen LogP contribution >= 0.6 is 0 Å². The van der Waals surface area contributed by atoms with Crippen LogP contribution in [0.1, 0.15) is 26.3 Å². The summed E-state index contributed by atoms with van der Waals surface area (Å²) in [7, 11) is 0. The molecule has 0 saturated carbocycles. The first-order valence-corrected chi connectivity index (χ1v) is 8.34. The second kappa shape index (κ2) is 8.30. The van der Waals surface area contributed by atoms with E-state index in [-0.39, 0.29) is 11.9 Å². The summed E-state index contributed by atoms with van der Waals surface area (Å²) in [5, 5.41) is 3.04. The maximum Gasteiger partial charge on any atom is 0.237 e. The second-order valence-corrected chi connectivity index (χ2v) is 6.61. The smallest absolute Gasteiger partial charge is 0.237 e. The van der Waals surface area contributed by atoms with E-state index in [9.17, 15) is 4.79 Å². The summed E-state index contributed by atoms with van der Waals surface area (Å²) in [6, 6.07) is 10.6. The summed E-state index contributed by atoms with van der Waals surface area (Å²) >= 11 is 0.